The maximum atomic E-state index is 12.5. The van der Waals surface area contributed by atoms with Crippen LogP contribution in [0.1, 0.15) is 18.7 Å². The Morgan fingerprint density at radius 1 is 1.07 bits per heavy atom. The number of ketones is 1. The molecular weight excluding hydrogens is 402 g/mol. The van der Waals surface area contributed by atoms with Crippen molar-refractivity contribution in [3.8, 4) is 0 Å². The van der Waals surface area contributed by atoms with Crippen LogP contribution in [0, 0.1) is 0 Å². The summed E-state index contributed by atoms with van der Waals surface area (Å²) in [5.41, 5.74) is 0. The molecule has 0 spiro atoms. The second kappa shape index (κ2) is 9.40. The largest absolute Gasteiger partial charge is 0.354 e. The zero-order valence-corrected chi connectivity index (χ0v) is 16.9. The summed E-state index contributed by atoms with van der Waals surface area (Å²) in [4.78, 5) is 26.6. The Morgan fingerprint density at radius 2 is 1.79 bits per heavy atom. The van der Waals surface area contributed by atoms with Gasteiger partial charge in [0.15, 0.2) is 0 Å². The van der Waals surface area contributed by atoms with Gasteiger partial charge in [-0.2, -0.15) is 4.31 Å². The second-order valence-corrected chi connectivity index (χ2v) is 8.94. The maximum Gasteiger partial charge on any atom is 0.221 e. The van der Waals surface area contributed by atoms with Crippen LogP contribution in [0.5, 0.6) is 0 Å². The summed E-state index contributed by atoms with van der Waals surface area (Å²) in [6.07, 6.45) is 6.15. The van der Waals surface area contributed by atoms with Gasteiger partial charge in [-0.1, -0.05) is 11.6 Å². The Balaban J connectivity index is 1.45. The van der Waals surface area contributed by atoms with E-state index in [1.165, 1.54) is 4.31 Å². The number of hydrogen-bond donors (Lipinski definition) is 0. The van der Waals surface area contributed by atoms with Crippen molar-refractivity contribution in [2.45, 2.75) is 19.3 Å². The summed E-state index contributed by atoms with van der Waals surface area (Å²) in [6.45, 7) is 1.70. The predicted octanol–water partition coefficient (Wildman–Crippen LogP) is 1.57. The molecule has 1 aliphatic rings. The second-order valence-electron chi connectivity index (χ2n) is 6.53. The number of halogens is 1. The zero-order chi connectivity index (χ0) is 20.0. The lowest BCUT2D eigenvalue weighted by Gasteiger charge is -2.34. The molecule has 1 aliphatic heterocycles. The molecule has 2 aromatic rings. The van der Waals surface area contributed by atoms with E-state index in [1.54, 1.807) is 30.7 Å². The summed E-state index contributed by atoms with van der Waals surface area (Å²) in [7, 11) is -3.61. The van der Waals surface area contributed by atoms with Gasteiger partial charge in [-0.15, -0.1) is 0 Å². The fourth-order valence-electron chi connectivity index (χ4n) is 3.02. The molecule has 0 atom stereocenters. The van der Waals surface area contributed by atoms with Gasteiger partial charge < -0.3 is 4.90 Å². The molecule has 150 valence electrons. The lowest BCUT2D eigenvalue weighted by molar-refractivity contribution is -0.116. The number of rotatable bonds is 8. The molecule has 0 radical (unpaired) electrons. The highest BCUT2D eigenvalue weighted by Gasteiger charge is 2.29. The van der Waals surface area contributed by atoms with E-state index in [0.717, 1.165) is 5.82 Å². The van der Waals surface area contributed by atoms with E-state index >= 15 is 0 Å². The van der Waals surface area contributed by atoms with Crippen LogP contribution < -0.4 is 4.90 Å². The molecule has 10 heteroatoms. The van der Waals surface area contributed by atoms with Crippen molar-refractivity contribution >= 4 is 33.2 Å². The number of hydrogen-bond acceptors (Lipinski definition) is 7. The first-order valence-electron chi connectivity index (χ1n) is 9.06. The van der Waals surface area contributed by atoms with E-state index in [1.807, 2.05) is 11.0 Å². The van der Waals surface area contributed by atoms with E-state index in [0.29, 0.717) is 49.9 Å². The van der Waals surface area contributed by atoms with Crippen molar-refractivity contribution in [1.82, 2.24) is 19.3 Å². The number of pyridine rings is 1. The van der Waals surface area contributed by atoms with E-state index in [2.05, 4.69) is 15.0 Å². The van der Waals surface area contributed by atoms with Crippen LogP contribution >= 0.6 is 11.6 Å². The molecule has 1 saturated heterocycles. The van der Waals surface area contributed by atoms with E-state index in [9.17, 15) is 13.2 Å². The normalized spacial score (nSPS) is 15.5. The Morgan fingerprint density at radius 3 is 2.43 bits per heavy atom. The average Bonchev–Trinajstić information content (AvgIpc) is 2.69. The molecule has 8 nitrogen and oxygen atoms in total. The summed E-state index contributed by atoms with van der Waals surface area (Å²) >= 11 is 5.85. The van der Waals surface area contributed by atoms with Crippen molar-refractivity contribution < 1.29 is 13.2 Å². The van der Waals surface area contributed by atoms with Gasteiger partial charge in [-0.25, -0.2) is 23.4 Å². The number of aryl methyl sites for hydroxylation is 1. The predicted molar refractivity (Wildman–Crippen MR) is 107 cm³/mol. The van der Waals surface area contributed by atoms with Gasteiger partial charge in [0.25, 0.3) is 0 Å². The number of nitrogens with zero attached hydrogens (tertiary/aromatic N) is 5. The molecule has 2 aromatic heterocycles. The van der Waals surface area contributed by atoms with Gasteiger partial charge in [0.1, 0.15) is 23.2 Å². The molecule has 3 rings (SSSR count). The number of sulfonamides is 1. The summed E-state index contributed by atoms with van der Waals surface area (Å²) in [5.74, 6) is 0.686. The lowest BCUT2D eigenvalue weighted by Crippen LogP contribution is -2.50. The van der Waals surface area contributed by atoms with Crippen molar-refractivity contribution in [2.75, 3.05) is 36.8 Å². The van der Waals surface area contributed by atoms with Crippen molar-refractivity contribution in [3.05, 3.63) is 47.6 Å². The van der Waals surface area contributed by atoms with E-state index < -0.39 is 15.8 Å². The number of aromatic nitrogens is 3. The van der Waals surface area contributed by atoms with Crippen LogP contribution in [0.4, 0.5) is 5.82 Å². The smallest absolute Gasteiger partial charge is 0.221 e. The van der Waals surface area contributed by atoms with E-state index in [-0.39, 0.29) is 12.2 Å². The highest BCUT2D eigenvalue weighted by atomic mass is 35.5. The molecular formula is C18H22ClN5O3S. The van der Waals surface area contributed by atoms with Gasteiger partial charge in [0, 0.05) is 57.6 Å². The van der Waals surface area contributed by atoms with Gasteiger partial charge >= 0.3 is 0 Å². The SMILES string of the molecule is O=C(CCCc1ncccn1)CS(=O)(=O)N1CCN(c2ccc(Cl)cn2)CC1. The first kappa shape index (κ1) is 20.6. The molecule has 28 heavy (non-hydrogen) atoms. The van der Waals surface area contributed by atoms with Crippen LogP contribution in [0.15, 0.2) is 36.8 Å². The quantitative estimate of drug-likeness (QED) is 0.635. The molecule has 0 bridgehead atoms. The van der Waals surface area contributed by atoms with Gasteiger partial charge in [-0.3, -0.25) is 4.79 Å². The topological polar surface area (TPSA) is 96.4 Å². The average molecular weight is 424 g/mol. The highest BCUT2D eigenvalue weighted by molar-refractivity contribution is 7.89. The number of piperazine rings is 1. The third-order valence-corrected chi connectivity index (χ3v) is 6.55. The Labute approximate surface area is 169 Å². The number of carbonyl (C=O) groups excluding carboxylic acids is 1. The van der Waals surface area contributed by atoms with Crippen molar-refractivity contribution in [2.24, 2.45) is 0 Å². The minimum atomic E-state index is -3.61. The molecule has 0 aliphatic carbocycles. The minimum Gasteiger partial charge on any atom is -0.354 e. The number of anilines is 1. The van der Waals surface area contributed by atoms with Crippen LogP contribution in [0.3, 0.4) is 0 Å². The number of carbonyl (C=O) groups is 1. The van der Waals surface area contributed by atoms with Crippen LogP contribution in [-0.4, -0.2) is 65.4 Å². The molecule has 3 heterocycles. The fraction of sp³-hybridized carbons (Fsp3) is 0.444. The Hall–Kier alpha value is -2.10. The van der Waals surface area contributed by atoms with Crippen LogP contribution in [0.25, 0.3) is 0 Å². The zero-order valence-electron chi connectivity index (χ0n) is 15.4. The van der Waals surface area contributed by atoms with Crippen molar-refractivity contribution in [1.29, 1.82) is 0 Å². The lowest BCUT2D eigenvalue weighted by atomic mass is 10.2. The molecule has 0 aromatic carbocycles. The highest BCUT2D eigenvalue weighted by Crippen LogP contribution is 2.17. The molecule has 0 amide bonds. The number of Topliss-reactive ketones (excluding diaryl/α,β-unsaturated/α-hetero) is 1. The maximum absolute atomic E-state index is 12.5. The standard InChI is InChI=1S/C18H22ClN5O3S/c19-15-5-6-18(22-13-15)23-9-11-24(12-10-23)28(26,27)14-16(25)3-1-4-17-20-7-2-8-21-17/h2,5-8,13H,1,3-4,9-12,14H2. The fourth-order valence-corrected chi connectivity index (χ4v) is 4.59. The Bertz CT molecular complexity index is 885. The molecule has 0 unspecified atom stereocenters. The monoisotopic (exact) mass is 423 g/mol. The van der Waals surface area contributed by atoms with Crippen molar-refractivity contribution in [3.63, 3.8) is 0 Å². The molecule has 0 N–H and O–H groups in total. The van der Waals surface area contributed by atoms with Gasteiger partial charge in [-0.05, 0) is 24.6 Å². The summed E-state index contributed by atoms with van der Waals surface area (Å²) < 4.78 is 26.5. The first-order valence-corrected chi connectivity index (χ1v) is 11.0. The Kier molecular flexibility index (Phi) is 6.93. The third-order valence-electron chi connectivity index (χ3n) is 4.49. The van der Waals surface area contributed by atoms with E-state index in [4.69, 9.17) is 11.6 Å². The van der Waals surface area contributed by atoms with Gasteiger partial charge in [0.2, 0.25) is 10.0 Å². The molecule has 0 saturated carbocycles. The summed E-state index contributed by atoms with van der Waals surface area (Å²) in [6, 6.07) is 5.29. The minimum absolute atomic E-state index is 0.201. The van der Waals surface area contributed by atoms with Crippen LogP contribution in [-0.2, 0) is 21.2 Å². The van der Waals surface area contributed by atoms with Crippen LogP contribution in [0.2, 0.25) is 5.02 Å². The molecule has 1 fully saturated rings. The third kappa shape index (κ3) is 5.70. The van der Waals surface area contributed by atoms with Gasteiger partial charge in [0.05, 0.1) is 5.02 Å². The first-order chi connectivity index (χ1) is 13.4. The summed E-state index contributed by atoms with van der Waals surface area (Å²) in [5, 5.41) is 0.558.